The quantitative estimate of drug-likeness (QED) is 0.574. The molecule has 0 saturated heterocycles. The van der Waals surface area contributed by atoms with Crippen molar-refractivity contribution in [2.45, 2.75) is 13.0 Å². The monoisotopic (exact) mass is 237 g/mol. The first-order chi connectivity index (χ1) is 7.91. The molecule has 0 bridgehead atoms. The van der Waals surface area contributed by atoms with Gasteiger partial charge in [-0.2, -0.15) is 0 Å². The van der Waals surface area contributed by atoms with Crippen LogP contribution in [0.3, 0.4) is 0 Å². The number of primary amides is 1. The van der Waals surface area contributed by atoms with Crippen molar-refractivity contribution in [3.8, 4) is 0 Å². The largest absolute Gasteiger partial charge is 0.368 e. The standard InChI is InChI=1S/C10H11N3O4/c1-6(9(11)14)12-10(15)7-2-4-8(5-3-7)13(16)17/h2-6H,1H3,(H2,11,14)(H,12,15)/t6-/m0/s1. The van der Waals surface area contributed by atoms with Gasteiger partial charge in [-0.1, -0.05) is 0 Å². The average molecular weight is 237 g/mol. The van der Waals surface area contributed by atoms with Gasteiger partial charge >= 0.3 is 0 Å². The van der Waals surface area contributed by atoms with E-state index in [-0.39, 0.29) is 11.3 Å². The van der Waals surface area contributed by atoms with Crippen molar-refractivity contribution in [2.24, 2.45) is 5.73 Å². The Balaban J connectivity index is 2.77. The van der Waals surface area contributed by atoms with E-state index in [9.17, 15) is 19.7 Å². The van der Waals surface area contributed by atoms with Crippen molar-refractivity contribution in [1.29, 1.82) is 0 Å². The van der Waals surface area contributed by atoms with Crippen LogP contribution in [0.2, 0.25) is 0 Å². The molecule has 17 heavy (non-hydrogen) atoms. The van der Waals surface area contributed by atoms with Gasteiger partial charge in [0.15, 0.2) is 0 Å². The Morgan fingerprint density at radius 2 is 1.88 bits per heavy atom. The van der Waals surface area contributed by atoms with E-state index in [1.165, 1.54) is 31.2 Å². The Hall–Kier alpha value is -2.44. The van der Waals surface area contributed by atoms with Crippen LogP contribution >= 0.6 is 0 Å². The number of nitro groups is 1. The second-order valence-corrected chi connectivity index (χ2v) is 3.40. The number of non-ortho nitro benzene ring substituents is 1. The Kier molecular flexibility index (Phi) is 3.76. The topological polar surface area (TPSA) is 115 Å². The fourth-order valence-corrected chi connectivity index (χ4v) is 1.09. The van der Waals surface area contributed by atoms with Crippen molar-refractivity contribution >= 4 is 17.5 Å². The molecule has 3 N–H and O–H groups in total. The zero-order valence-electron chi connectivity index (χ0n) is 9.04. The molecule has 0 heterocycles. The molecule has 0 unspecified atom stereocenters. The van der Waals surface area contributed by atoms with Gasteiger partial charge in [-0.3, -0.25) is 19.7 Å². The molecule has 0 saturated carbocycles. The molecule has 7 nitrogen and oxygen atoms in total. The molecule has 1 atom stereocenters. The lowest BCUT2D eigenvalue weighted by Gasteiger charge is -2.09. The fourth-order valence-electron chi connectivity index (χ4n) is 1.09. The molecule has 7 heteroatoms. The number of carbonyl (C=O) groups is 2. The molecule has 0 spiro atoms. The second-order valence-electron chi connectivity index (χ2n) is 3.40. The summed E-state index contributed by atoms with van der Waals surface area (Å²) >= 11 is 0. The lowest BCUT2D eigenvalue weighted by Crippen LogP contribution is -2.42. The second kappa shape index (κ2) is 5.06. The SMILES string of the molecule is C[C@H](NC(=O)c1ccc([N+](=O)[O-])cc1)C(N)=O. The van der Waals surface area contributed by atoms with E-state index < -0.39 is 22.8 Å². The molecule has 1 rings (SSSR count). The predicted molar refractivity (Wildman–Crippen MR) is 59.2 cm³/mol. The summed E-state index contributed by atoms with van der Waals surface area (Å²) in [5.41, 5.74) is 5.10. The summed E-state index contributed by atoms with van der Waals surface area (Å²) in [4.78, 5) is 32.1. The molecule has 0 radical (unpaired) electrons. The summed E-state index contributed by atoms with van der Waals surface area (Å²) in [6, 6.07) is 4.24. The molecule has 2 amide bonds. The van der Waals surface area contributed by atoms with Crippen molar-refractivity contribution < 1.29 is 14.5 Å². The maximum absolute atomic E-state index is 11.6. The molecular formula is C10H11N3O4. The molecule has 0 aromatic heterocycles. The number of benzene rings is 1. The highest BCUT2D eigenvalue weighted by molar-refractivity contribution is 5.97. The molecular weight excluding hydrogens is 226 g/mol. The summed E-state index contributed by atoms with van der Waals surface area (Å²) in [5.74, 6) is -1.16. The van der Waals surface area contributed by atoms with E-state index in [1.807, 2.05) is 0 Å². The van der Waals surface area contributed by atoms with Gasteiger partial charge in [-0.05, 0) is 19.1 Å². The summed E-state index contributed by atoms with van der Waals surface area (Å²) in [6.45, 7) is 1.45. The van der Waals surface area contributed by atoms with E-state index >= 15 is 0 Å². The Bertz CT molecular complexity index is 455. The smallest absolute Gasteiger partial charge is 0.269 e. The lowest BCUT2D eigenvalue weighted by molar-refractivity contribution is -0.384. The molecule has 1 aromatic carbocycles. The van der Waals surface area contributed by atoms with Crippen LogP contribution in [0.25, 0.3) is 0 Å². The van der Waals surface area contributed by atoms with E-state index in [1.54, 1.807) is 0 Å². The Morgan fingerprint density at radius 3 is 2.29 bits per heavy atom. The van der Waals surface area contributed by atoms with Crippen LogP contribution in [-0.2, 0) is 4.79 Å². The number of nitro benzene ring substituents is 1. The van der Waals surface area contributed by atoms with E-state index in [2.05, 4.69) is 5.32 Å². The molecule has 0 aliphatic heterocycles. The maximum atomic E-state index is 11.6. The van der Waals surface area contributed by atoms with Crippen LogP contribution < -0.4 is 11.1 Å². The van der Waals surface area contributed by atoms with Gasteiger partial charge in [0.25, 0.3) is 11.6 Å². The highest BCUT2D eigenvalue weighted by atomic mass is 16.6. The number of hydrogen-bond donors (Lipinski definition) is 2. The van der Waals surface area contributed by atoms with E-state index in [0.717, 1.165) is 0 Å². The van der Waals surface area contributed by atoms with Gasteiger partial charge in [0, 0.05) is 17.7 Å². The average Bonchev–Trinajstić information content (AvgIpc) is 2.28. The first-order valence-corrected chi connectivity index (χ1v) is 4.76. The highest BCUT2D eigenvalue weighted by Crippen LogP contribution is 2.11. The van der Waals surface area contributed by atoms with Gasteiger partial charge < -0.3 is 11.1 Å². The van der Waals surface area contributed by atoms with Gasteiger partial charge in [-0.15, -0.1) is 0 Å². The van der Waals surface area contributed by atoms with Crippen molar-refractivity contribution in [3.63, 3.8) is 0 Å². The van der Waals surface area contributed by atoms with Gasteiger partial charge in [0.05, 0.1) is 4.92 Å². The number of nitrogens with two attached hydrogens (primary N) is 1. The Labute approximate surface area is 96.8 Å². The number of carbonyl (C=O) groups excluding carboxylic acids is 2. The molecule has 1 aromatic rings. The number of nitrogens with one attached hydrogen (secondary N) is 1. The zero-order chi connectivity index (χ0) is 13.0. The van der Waals surface area contributed by atoms with Crippen LogP contribution in [0.5, 0.6) is 0 Å². The minimum absolute atomic E-state index is 0.107. The normalized spacial score (nSPS) is 11.6. The number of hydrogen-bond acceptors (Lipinski definition) is 4. The highest BCUT2D eigenvalue weighted by Gasteiger charge is 2.14. The van der Waals surface area contributed by atoms with Gasteiger partial charge in [-0.25, -0.2) is 0 Å². The van der Waals surface area contributed by atoms with Gasteiger partial charge in [0.2, 0.25) is 5.91 Å². The molecule has 90 valence electrons. The minimum atomic E-state index is -0.794. The number of rotatable bonds is 4. The zero-order valence-corrected chi connectivity index (χ0v) is 9.04. The van der Waals surface area contributed by atoms with Crippen LogP contribution in [0.1, 0.15) is 17.3 Å². The van der Waals surface area contributed by atoms with Crippen LogP contribution in [0.15, 0.2) is 24.3 Å². The lowest BCUT2D eigenvalue weighted by atomic mass is 10.2. The first kappa shape index (κ1) is 12.6. The molecule has 0 aliphatic rings. The van der Waals surface area contributed by atoms with Crippen LogP contribution in [0, 0.1) is 10.1 Å². The predicted octanol–water partition coefficient (Wildman–Crippen LogP) is 0.198. The van der Waals surface area contributed by atoms with Crippen molar-refractivity contribution in [1.82, 2.24) is 5.32 Å². The first-order valence-electron chi connectivity index (χ1n) is 4.76. The summed E-state index contributed by atoms with van der Waals surface area (Å²) in [5, 5.41) is 12.8. The van der Waals surface area contributed by atoms with E-state index in [4.69, 9.17) is 5.73 Å². The molecule has 0 fully saturated rings. The van der Waals surface area contributed by atoms with Gasteiger partial charge in [0.1, 0.15) is 6.04 Å². The minimum Gasteiger partial charge on any atom is -0.368 e. The molecule has 0 aliphatic carbocycles. The number of amides is 2. The fraction of sp³-hybridized carbons (Fsp3) is 0.200. The summed E-state index contributed by atoms with van der Waals surface area (Å²) in [6.07, 6.45) is 0. The third kappa shape index (κ3) is 3.26. The number of nitrogens with zero attached hydrogens (tertiary/aromatic N) is 1. The van der Waals surface area contributed by atoms with Crippen molar-refractivity contribution in [2.75, 3.05) is 0 Å². The van der Waals surface area contributed by atoms with Crippen LogP contribution in [0.4, 0.5) is 5.69 Å². The van der Waals surface area contributed by atoms with Crippen LogP contribution in [-0.4, -0.2) is 22.8 Å². The van der Waals surface area contributed by atoms with Crippen molar-refractivity contribution in [3.05, 3.63) is 39.9 Å². The summed E-state index contributed by atoms with van der Waals surface area (Å²) < 4.78 is 0. The maximum Gasteiger partial charge on any atom is 0.269 e. The third-order valence-electron chi connectivity index (χ3n) is 2.11. The summed E-state index contributed by atoms with van der Waals surface area (Å²) in [7, 11) is 0. The Morgan fingerprint density at radius 1 is 1.35 bits per heavy atom. The van der Waals surface area contributed by atoms with E-state index in [0.29, 0.717) is 0 Å². The third-order valence-corrected chi connectivity index (χ3v) is 2.11.